The van der Waals surface area contributed by atoms with Crippen molar-refractivity contribution in [3.63, 3.8) is 0 Å². The van der Waals surface area contributed by atoms with Gasteiger partial charge in [0.05, 0.1) is 6.54 Å². The first-order chi connectivity index (χ1) is 17.1. The van der Waals surface area contributed by atoms with E-state index in [0.717, 1.165) is 16.7 Å². The average molecular weight is 493 g/mol. The fourth-order valence-electron chi connectivity index (χ4n) is 3.97. The average Bonchev–Trinajstić information content (AvgIpc) is 2.82. The Morgan fingerprint density at radius 3 is 2.42 bits per heavy atom. The van der Waals surface area contributed by atoms with Gasteiger partial charge in [-0.25, -0.2) is 4.79 Å². The van der Waals surface area contributed by atoms with Crippen LogP contribution in [-0.2, 0) is 11.3 Å². The second-order valence-electron chi connectivity index (χ2n) is 9.78. The number of amides is 1. The Hall–Kier alpha value is -3.81. The van der Waals surface area contributed by atoms with E-state index >= 15 is 0 Å². The van der Waals surface area contributed by atoms with Gasteiger partial charge in [-0.05, 0) is 47.9 Å². The molecule has 0 bridgehead atoms. The van der Waals surface area contributed by atoms with Crippen LogP contribution in [0.5, 0.6) is 5.75 Å². The molecule has 1 aromatic heterocycles. The van der Waals surface area contributed by atoms with Gasteiger partial charge in [0.2, 0.25) is 0 Å². The molecular weight excluding hydrogens is 456 g/mol. The van der Waals surface area contributed by atoms with Gasteiger partial charge in [0, 0.05) is 6.54 Å². The minimum Gasteiger partial charge on any atom is -0.483 e. The molecule has 0 aliphatic carbocycles. The zero-order chi connectivity index (χ0) is 26.4. The minimum atomic E-state index is -0.697. The fraction of sp³-hybridized carbons (Fsp3) is 0.393. The second-order valence-corrected chi connectivity index (χ2v) is 9.78. The number of hydrogen-bond acceptors (Lipinski definition) is 5. The normalized spacial score (nSPS) is 11.2. The number of hydrogen-bond donors (Lipinski definition) is 2. The lowest BCUT2D eigenvalue weighted by molar-refractivity contribution is -0.120. The number of ether oxygens (including phenoxy) is 1. The van der Waals surface area contributed by atoms with Gasteiger partial charge < -0.3 is 15.4 Å². The van der Waals surface area contributed by atoms with Gasteiger partial charge in [-0.15, -0.1) is 0 Å². The number of carbonyl (C=O) groups is 1. The Labute approximate surface area is 211 Å². The van der Waals surface area contributed by atoms with E-state index in [0.29, 0.717) is 12.2 Å². The van der Waals surface area contributed by atoms with Crippen LogP contribution in [-0.4, -0.2) is 28.6 Å². The van der Waals surface area contributed by atoms with Crippen LogP contribution in [0.25, 0.3) is 0 Å². The lowest BCUT2D eigenvalue weighted by Crippen LogP contribution is -2.43. The highest BCUT2D eigenvalue weighted by atomic mass is 16.5. The number of nitrogen functional groups attached to an aromatic ring is 1. The van der Waals surface area contributed by atoms with Gasteiger partial charge in [0.25, 0.3) is 11.5 Å². The highest BCUT2D eigenvalue weighted by molar-refractivity contribution is 5.96. The molecule has 1 heterocycles. The summed E-state index contributed by atoms with van der Waals surface area (Å²) in [6, 6.07) is 15.2. The molecule has 0 saturated carbocycles. The number of rotatable bonds is 10. The van der Waals surface area contributed by atoms with Crippen molar-refractivity contribution in [3.8, 4) is 5.75 Å². The van der Waals surface area contributed by atoms with E-state index in [9.17, 15) is 14.4 Å². The predicted octanol–water partition coefficient (Wildman–Crippen LogP) is 4.06. The lowest BCUT2D eigenvalue weighted by Gasteiger charge is -2.25. The molecular formula is C28H36N4O4. The maximum absolute atomic E-state index is 13.5. The number of nitrogens with two attached hydrogens (primary N) is 1. The SMILES string of the molecule is Cc1ccc(C(C)C)c(OCC(=O)N(CCC(C)C)c2c(N)n(Cc3ccccc3)c(=O)[nH]c2=O)c1. The molecule has 3 N–H and O–H groups in total. The first kappa shape index (κ1) is 26.8. The van der Waals surface area contributed by atoms with E-state index in [4.69, 9.17) is 10.5 Å². The van der Waals surface area contributed by atoms with Gasteiger partial charge in [0.15, 0.2) is 12.3 Å². The van der Waals surface area contributed by atoms with Crippen molar-refractivity contribution < 1.29 is 9.53 Å². The Kier molecular flexibility index (Phi) is 8.74. The molecule has 0 spiro atoms. The van der Waals surface area contributed by atoms with E-state index in [-0.39, 0.29) is 43.0 Å². The third kappa shape index (κ3) is 6.44. The van der Waals surface area contributed by atoms with Gasteiger partial charge in [-0.2, -0.15) is 0 Å². The third-order valence-electron chi connectivity index (χ3n) is 6.04. The Morgan fingerprint density at radius 1 is 1.08 bits per heavy atom. The molecule has 0 radical (unpaired) electrons. The van der Waals surface area contributed by atoms with Crippen molar-refractivity contribution in [1.82, 2.24) is 9.55 Å². The van der Waals surface area contributed by atoms with Gasteiger partial charge in [-0.3, -0.25) is 19.1 Å². The van der Waals surface area contributed by atoms with Crippen LogP contribution in [0.4, 0.5) is 11.5 Å². The third-order valence-corrected chi connectivity index (χ3v) is 6.04. The Balaban J connectivity index is 1.97. The molecule has 3 aromatic rings. The Morgan fingerprint density at radius 2 is 1.78 bits per heavy atom. The zero-order valence-electron chi connectivity index (χ0n) is 21.7. The summed E-state index contributed by atoms with van der Waals surface area (Å²) in [5.41, 5.74) is 7.88. The van der Waals surface area contributed by atoms with Crippen molar-refractivity contribution in [3.05, 3.63) is 86.1 Å². The maximum Gasteiger partial charge on any atom is 0.330 e. The summed E-state index contributed by atoms with van der Waals surface area (Å²) >= 11 is 0. The highest BCUT2D eigenvalue weighted by Gasteiger charge is 2.25. The molecule has 8 nitrogen and oxygen atoms in total. The van der Waals surface area contributed by atoms with Crippen LogP contribution in [0, 0.1) is 12.8 Å². The van der Waals surface area contributed by atoms with Crippen LogP contribution in [0.15, 0.2) is 58.1 Å². The van der Waals surface area contributed by atoms with Crippen LogP contribution in [0.1, 0.15) is 56.7 Å². The van der Waals surface area contributed by atoms with Crippen molar-refractivity contribution in [2.75, 3.05) is 23.8 Å². The molecule has 0 unspecified atom stereocenters. The number of aryl methyl sites for hydroxylation is 1. The van der Waals surface area contributed by atoms with E-state index in [1.165, 1.54) is 9.47 Å². The smallest absolute Gasteiger partial charge is 0.330 e. The standard InChI is InChI=1S/C28H36N4O4/c1-18(2)13-14-31(24(33)17-36-23-15-20(5)11-12-22(23)19(3)4)25-26(29)32(28(35)30-27(25)34)16-21-9-7-6-8-10-21/h6-12,15,18-19H,13-14,16-17,29H2,1-5H3,(H,30,34,35). The van der Waals surface area contributed by atoms with Crippen molar-refractivity contribution in [2.24, 2.45) is 5.92 Å². The number of benzene rings is 2. The quantitative estimate of drug-likeness (QED) is 0.444. The Bertz CT molecular complexity index is 1310. The largest absolute Gasteiger partial charge is 0.483 e. The van der Waals surface area contributed by atoms with Crippen molar-refractivity contribution in [2.45, 2.75) is 53.5 Å². The second kappa shape index (κ2) is 11.7. The number of aromatic amines is 1. The highest BCUT2D eigenvalue weighted by Crippen LogP contribution is 2.28. The summed E-state index contributed by atoms with van der Waals surface area (Å²) in [7, 11) is 0. The van der Waals surface area contributed by atoms with Gasteiger partial charge in [-0.1, -0.05) is 70.2 Å². The van der Waals surface area contributed by atoms with Gasteiger partial charge >= 0.3 is 5.69 Å². The van der Waals surface area contributed by atoms with Crippen LogP contribution in [0.3, 0.4) is 0 Å². The number of H-pyrrole nitrogens is 1. The predicted molar refractivity (Wildman–Crippen MR) is 144 cm³/mol. The van der Waals surface area contributed by atoms with E-state index in [2.05, 4.69) is 18.8 Å². The molecule has 0 saturated heterocycles. The maximum atomic E-state index is 13.5. The van der Waals surface area contributed by atoms with Gasteiger partial charge in [0.1, 0.15) is 11.6 Å². The first-order valence-electron chi connectivity index (χ1n) is 12.3. The molecule has 0 aliphatic rings. The zero-order valence-corrected chi connectivity index (χ0v) is 21.7. The number of nitrogens with one attached hydrogen (secondary N) is 1. The molecule has 0 atom stereocenters. The number of anilines is 2. The minimum absolute atomic E-state index is 0.0342. The summed E-state index contributed by atoms with van der Waals surface area (Å²) in [5.74, 6) is 0.670. The monoisotopic (exact) mass is 492 g/mol. The van der Waals surface area contributed by atoms with Crippen molar-refractivity contribution >= 4 is 17.4 Å². The van der Waals surface area contributed by atoms with E-state index in [1.807, 2.05) is 69.3 Å². The summed E-state index contributed by atoms with van der Waals surface area (Å²) in [6.45, 7) is 10.3. The van der Waals surface area contributed by atoms with Crippen LogP contribution in [0.2, 0.25) is 0 Å². The molecule has 36 heavy (non-hydrogen) atoms. The molecule has 192 valence electrons. The fourth-order valence-corrected chi connectivity index (χ4v) is 3.97. The van der Waals surface area contributed by atoms with Crippen LogP contribution < -0.4 is 26.6 Å². The van der Waals surface area contributed by atoms with E-state index in [1.54, 1.807) is 0 Å². The number of aromatic nitrogens is 2. The van der Waals surface area contributed by atoms with Crippen LogP contribution >= 0.6 is 0 Å². The molecule has 0 fully saturated rings. The first-order valence-corrected chi connectivity index (χ1v) is 12.3. The molecule has 3 rings (SSSR count). The lowest BCUT2D eigenvalue weighted by atomic mass is 10.0. The van der Waals surface area contributed by atoms with Crippen molar-refractivity contribution in [1.29, 1.82) is 0 Å². The summed E-state index contributed by atoms with van der Waals surface area (Å²) in [6.07, 6.45) is 0.643. The molecule has 2 aromatic carbocycles. The molecule has 1 amide bonds. The summed E-state index contributed by atoms with van der Waals surface area (Å²) < 4.78 is 7.24. The number of nitrogens with zero attached hydrogens (tertiary/aromatic N) is 2. The molecule has 8 heteroatoms. The number of carbonyl (C=O) groups excluding carboxylic acids is 1. The molecule has 0 aliphatic heterocycles. The summed E-state index contributed by atoms with van der Waals surface area (Å²) in [5, 5.41) is 0. The van der Waals surface area contributed by atoms with E-state index < -0.39 is 17.2 Å². The summed E-state index contributed by atoms with van der Waals surface area (Å²) in [4.78, 5) is 42.7. The topological polar surface area (TPSA) is 110 Å².